The molecular weight excluding hydrogens is 308 g/mol. The van der Waals surface area contributed by atoms with Crippen molar-refractivity contribution in [3.63, 3.8) is 0 Å². The molecule has 1 atom stereocenters. The number of fused-ring (bicyclic) bond motifs is 1. The summed E-state index contributed by atoms with van der Waals surface area (Å²) in [4.78, 5) is 27.6. The summed E-state index contributed by atoms with van der Waals surface area (Å²) in [5, 5.41) is 32.6. The number of hydrogen-bond acceptors (Lipinski definition) is 8. The van der Waals surface area contributed by atoms with Crippen LogP contribution in [0.3, 0.4) is 0 Å². The van der Waals surface area contributed by atoms with Crippen LogP contribution in [0.5, 0.6) is 0 Å². The summed E-state index contributed by atoms with van der Waals surface area (Å²) in [5.74, 6) is -1.36. The summed E-state index contributed by atoms with van der Waals surface area (Å²) in [7, 11) is 0. The number of ether oxygens (including phenoxy) is 1. The predicted octanol–water partition coefficient (Wildman–Crippen LogP) is 0.332. The Morgan fingerprint density at radius 2 is 2.13 bits per heavy atom. The zero-order valence-corrected chi connectivity index (χ0v) is 11.9. The maximum atomic E-state index is 11.3. The third-order valence-corrected chi connectivity index (χ3v) is 3.65. The van der Waals surface area contributed by atoms with Crippen molar-refractivity contribution in [1.82, 2.24) is 0 Å². The van der Waals surface area contributed by atoms with Crippen LogP contribution in [0.1, 0.15) is 0 Å². The van der Waals surface area contributed by atoms with Crippen LogP contribution in [0.25, 0.3) is 0 Å². The van der Waals surface area contributed by atoms with Crippen molar-refractivity contribution in [1.29, 1.82) is 0 Å². The first-order chi connectivity index (χ1) is 11.0. The molecule has 1 saturated heterocycles. The van der Waals surface area contributed by atoms with E-state index in [9.17, 15) is 20.0 Å². The molecule has 0 spiro atoms. The monoisotopic (exact) mass is 322 g/mol. The van der Waals surface area contributed by atoms with Crippen molar-refractivity contribution in [3.05, 3.63) is 22.2 Å². The summed E-state index contributed by atoms with van der Waals surface area (Å²) in [5.41, 5.74) is 0.202. The van der Waals surface area contributed by atoms with Crippen LogP contribution in [0, 0.1) is 10.1 Å². The smallest absolute Gasteiger partial charge is 0.355 e. The highest BCUT2D eigenvalue weighted by atomic mass is 16.6. The summed E-state index contributed by atoms with van der Waals surface area (Å²) in [6, 6.07) is 2.71. The largest absolute Gasteiger partial charge is 0.477 e. The highest BCUT2D eigenvalue weighted by Gasteiger charge is 2.30. The predicted molar refractivity (Wildman–Crippen MR) is 80.5 cm³/mol. The molecule has 1 aromatic rings. The third-order valence-electron chi connectivity index (χ3n) is 3.65. The van der Waals surface area contributed by atoms with Gasteiger partial charge in [0.2, 0.25) is 0 Å². The molecule has 0 radical (unpaired) electrons. The van der Waals surface area contributed by atoms with Crippen molar-refractivity contribution in [3.8, 4) is 0 Å². The minimum Gasteiger partial charge on any atom is -0.477 e. The lowest BCUT2D eigenvalue weighted by molar-refractivity contribution is -0.384. The first kappa shape index (κ1) is 15.2. The van der Waals surface area contributed by atoms with Crippen molar-refractivity contribution in [2.75, 3.05) is 36.5 Å². The highest BCUT2D eigenvalue weighted by Crippen LogP contribution is 2.40. The average molecular weight is 322 g/mol. The maximum absolute atomic E-state index is 11.3. The molecule has 1 aromatic carbocycles. The Morgan fingerprint density at radius 1 is 1.43 bits per heavy atom. The number of hydrogen-bond donors (Lipinski definition) is 3. The molecule has 2 aliphatic heterocycles. The standard InChI is InChI=1S/C13H14N4O6/c18-12-11(13(19)20)14-7-5-9(16-1-3-23-4-2-16)10(17(21)22)6-8(7)15-12/h5-6,12,15,18H,1-4H2,(H,19,20). The summed E-state index contributed by atoms with van der Waals surface area (Å²) in [6.07, 6.45) is -1.52. The molecule has 0 aromatic heterocycles. The fraction of sp³-hybridized carbons (Fsp3) is 0.385. The Labute approximate surface area is 130 Å². The van der Waals surface area contributed by atoms with Crippen LogP contribution in [-0.4, -0.2) is 59.3 Å². The Hall–Kier alpha value is -2.72. The van der Waals surface area contributed by atoms with Crippen molar-refractivity contribution < 1.29 is 24.7 Å². The van der Waals surface area contributed by atoms with Crippen LogP contribution in [-0.2, 0) is 9.53 Å². The van der Waals surface area contributed by atoms with E-state index < -0.39 is 22.8 Å². The number of aliphatic carboxylic acids is 1. The lowest BCUT2D eigenvalue weighted by Crippen LogP contribution is -2.38. The summed E-state index contributed by atoms with van der Waals surface area (Å²) >= 11 is 0. The number of aliphatic hydroxyl groups is 1. The number of carbonyl (C=O) groups is 1. The van der Waals surface area contributed by atoms with Crippen LogP contribution < -0.4 is 10.2 Å². The molecule has 23 heavy (non-hydrogen) atoms. The zero-order chi connectivity index (χ0) is 16.6. The second kappa shape index (κ2) is 5.82. The topological polar surface area (TPSA) is 138 Å². The fourth-order valence-corrected chi connectivity index (χ4v) is 2.55. The second-order valence-corrected chi connectivity index (χ2v) is 5.06. The number of nitrogens with zero attached hydrogens (tertiary/aromatic N) is 3. The second-order valence-electron chi connectivity index (χ2n) is 5.06. The SMILES string of the molecule is O=C(O)C1=Nc2cc(N3CCOCC3)c([N+](=O)[O-])cc2NC1O. The molecule has 2 heterocycles. The number of morpholine rings is 1. The Kier molecular flexibility index (Phi) is 3.84. The molecule has 10 heteroatoms. The summed E-state index contributed by atoms with van der Waals surface area (Å²) in [6.45, 7) is 1.89. The Bertz CT molecular complexity index is 698. The van der Waals surface area contributed by atoms with Gasteiger partial charge in [-0.05, 0) is 6.07 Å². The zero-order valence-electron chi connectivity index (χ0n) is 11.9. The van der Waals surface area contributed by atoms with E-state index in [1.165, 1.54) is 12.1 Å². The van der Waals surface area contributed by atoms with E-state index in [0.717, 1.165) is 0 Å². The number of rotatable bonds is 3. The number of anilines is 2. The molecule has 0 aliphatic carbocycles. The van der Waals surface area contributed by atoms with E-state index in [0.29, 0.717) is 32.0 Å². The Balaban J connectivity index is 2.09. The average Bonchev–Trinajstić information content (AvgIpc) is 2.53. The molecule has 122 valence electrons. The number of aliphatic imine (C=N–C) groups is 1. The first-order valence-corrected chi connectivity index (χ1v) is 6.89. The molecule has 2 aliphatic rings. The van der Waals surface area contributed by atoms with Crippen LogP contribution in [0.4, 0.5) is 22.7 Å². The molecule has 10 nitrogen and oxygen atoms in total. The number of nitro benzene ring substituents is 1. The van der Waals surface area contributed by atoms with Gasteiger partial charge in [0.15, 0.2) is 11.9 Å². The number of aliphatic hydroxyl groups excluding tert-OH is 1. The minimum absolute atomic E-state index is 0.140. The molecule has 0 saturated carbocycles. The van der Waals surface area contributed by atoms with Crippen LogP contribution in [0.2, 0.25) is 0 Å². The first-order valence-electron chi connectivity index (χ1n) is 6.89. The number of nitrogens with one attached hydrogen (secondary N) is 1. The van der Waals surface area contributed by atoms with Gasteiger partial charge in [-0.1, -0.05) is 0 Å². The number of carboxylic acids is 1. The quantitative estimate of drug-likeness (QED) is 0.535. The third kappa shape index (κ3) is 2.81. The van der Waals surface area contributed by atoms with Gasteiger partial charge in [0, 0.05) is 19.2 Å². The van der Waals surface area contributed by atoms with Gasteiger partial charge in [0.25, 0.3) is 5.69 Å². The molecule has 1 fully saturated rings. The summed E-state index contributed by atoms with van der Waals surface area (Å²) < 4.78 is 5.23. The highest BCUT2D eigenvalue weighted by molar-refractivity contribution is 6.39. The van der Waals surface area contributed by atoms with E-state index in [1.807, 2.05) is 0 Å². The minimum atomic E-state index is -1.52. The molecule has 3 N–H and O–H groups in total. The normalized spacial score (nSPS) is 20.3. The molecule has 3 rings (SSSR count). The lowest BCUT2D eigenvalue weighted by atomic mass is 10.1. The maximum Gasteiger partial charge on any atom is 0.355 e. The van der Waals surface area contributed by atoms with Gasteiger partial charge in [0.05, 0.1) is 29.5 Å². The van der Waals surface area contributed by atoms with E-state index >= 15 is 0 Å². The van der Waals surface area contributed by atoms with Crippen molar-refractivity contribution in [2.24, 2.45) is 4.99 Å². The molecule has 0 bridgehead atoms. The molecular formula is C13H14N4O6. The Morgan fingerprint density at radius 3 is 2.74 bits per heavy atom. The van der Waals surface area contributed by atoms with Crippen molar-refractivity contribution >= 4 is 34.4 Å². The number of benzene rings is 1. The van der Waals surface area contributed by atoms with Crippen LogP contribution >= 0.6 is 0 Å². The van der Waals surface area contributed by atoms with Gasteiger partial charge >= 0.3 is 5.97 Å². The molecule has 0 amide bonds. The van der Waals surface area contributed by atoms with Crippen LogP contribution in [0.15, 0.2) is 17.1 Å². The van der Waals surface area contributed by atoms with E-state index in [4.69, 9.17) is 9.84 Å². The van der Waals surface area contributed by atoms with Gasteiger partial charge in [-0.25, -0.2) is 9.79 Å². The molecule has 1 unspecified atom stereocenters. The van der Waals surface area contributed by atoms with Gasteiger partial charge in [0.1, 0.15) is 5.69 Å². The van der Waals surface area contributed by atoms with Gasteiger partial charge in [-0.2, -0.15) is 0 Å². The lowest BCUT2D eigenvalue weighted by Gasteiger charge is -2.29. The van der Waals surface area contributed by atoms with E-state index in [1.54, 1.807) is 4.90 Å². The number of carboxylic acid groups (broad SMARTS) is 1. The van der Waals surface area contributed by atoms with Gasteiger partial charge < -0.3 is 25.2 Å². The fourth-order valence-electron chi connectivity index (χ4n) is 2.55. The van der Waals surface area contributed by atoms with Crippen molar-refractivity contribution in [2.45, 2.75) is 6.23 Å². The van der Waals surface area contributed by atoms with E-state index in [-0.39, 0.29) is 17.1 Å². The van der Waals surface area contributed by atoms with E-state index in [2.05, 4.69) is 10.3 Å². The van der Waals surface area contributed by atoms with Gasteiger partial charge in [-0.3, -0.25) is 10.1 Å². The van der Waals surface area contributed by atoms with Gasteiger partial charge in [-0.15, -0.1) is 0 Å². The number of nitro groups is 1.